The van der Waals surface area contributed by atoms with Crippen LogP contribution in [-0.4, -0.2) is 37.6 Å². The molecular formula is C27H33Cl2N3O. The number of hydrogen-bond acceptors (Lipinski definition) is 4. The lowest BCUT2D eigenvalue weighted by atomic mass is 10.1. The number of nitrogens with zero attached hydrogens (tertiary/aromatic N) is 2. The van der Waals surface area contributed by atoms with Crippen LogP contribution in [0.3, 0.4) is 0 Å². The Labute approximate surface area is 209 Å². The number of likely N-dealkylation sites (tertiary alicyclic amines) is 1. The summed E-state index contributed by atoms with van der Waals surface area (Å²) in [5, 5.41) is 3.20. The largest absolute Gasteiger partial charge is 0.487 e. The normalized spacial score (nSPS) is 17.0. The summed E-state index contributed by atoms with van der Waals surface area (Å²) in [6.07, 6.45) is 3.62. The zero-order chi connectivity index (χ0) is 21.0. The monoisotopic (exact) mass is 485 g/mol. The molecule has 4 nitrogen and oxygen atoms in total. The van der Waals surface area contributed by atoms with Crippen LogP contribution in [0, 0.1) is 0 Å². The molecule has 1 saturated heterocycles. The van der Waals surface area contributed by atoms with Crippen molar-refractivity contribution in [1.82, 2.24) is 4.90 Å². The SMILES string of the molecule is CNc1ccc(CCN2CCC[C@@H]2CN2c3ccccc3COc3ccccc32)cc1.Cl.Cl. The van der Waals surface area contributed by atoms with Crippen molar-refractivity contribution in [2.45, 2.75) is 31.9 Å². The topological polar surface area (TPSA) is 27.7 Å². The summed E-state index contributed by atoms with van der Waals surface area (Å²) in [6.45, 7) is 3.92. The van der Waals surface area contributed by atoms with E-state index in [1.54, 1.807) is 0 Å². The Hall–Kier alpha value is -2.40. The summed E-state index contributed by atoms with van der Waals surface area (Å²) in [7, 11) is 1.97. The molecule has 1 fully saturated rings. The molecule has 176 valence electrons. The van der Waals surface area contributed by atoms with Gasteiger partial charge in [-0.25, -0.2) is 0 Å². The summed E-state index contributed by atoms with van der Waals surface area (Å²) < 4.78 is 6.16. The summed E-state index contributed by atoms with van der Waals surface area (Å²) in [4.78, 5) is 5.17. The molecule has 1 N–H and O–H groups in total. The molecule has 0 aromatic heterocycles. The average molecular weight is 486 g/mol. The molecule has 0 amide bonds. The lowest BCUT2D eigenvalue weighted by Crippen LogP contribution is -2.39. The predicted molar refractivity (Wildman–Crippen MR) is 143 cm³/mol. The molecule has 2 aliphatic heterocycles. The zero-order valence-corrected chi connectivity index (χ0v) is 20.7. The van der Waals surface area contributed by atoms with Gasteiger partial charge in [0.1, 0.15) is 12.4 Å². The Morgan fingerprint density at radius 1 is 0.909 bits per heavy atom. The van der Waals surface area contributed by atoms with E-state index in [2.05, 4.69) is 87.9 Å². The van der Waals surface area contributed by atoms with Crippen molar-refractivity contribution in [2.24, 2.45) is 0 Å². The minimum Gasteiger partial charge on any atom is -0.487 e. The summed E-state index contributed by atoms with van der Waals surface area (Å²) in [5.74, 6) is 0.980. The first kappa shape index (κ1) is 25.2. The van der Waals surface area contributed by atoms with Crippen LogP contribution >= 0.6 is 24.8 Å². The molecule has 3 aromatic carbocycles. The van der Waals surface area contributed by atoms with E-state index in [1.165, 1.54) is 47.6 Å². The standard InChI is InChI=1S/C27H31N3O.2ClH/c1-28-23-14-12-21(13-15-23)16-18-29-17-6-8-24(29)19-30-25-9-3-2-7-22(25)20-31-27-11-5-4-10-26(27)30;;/h2-5,7,9-15,24,28H,6,8,16-20H2,1H3;2*1H/t24-;;/m1../s1. The summed E-state index contributed by atoms with van der Waals surface area (Å²) in [5.41, 5.74) is 6.30. The zero-order valence-electron chi connectivity index (χ0n) is 19.1. The fourth-order valence-corrected chi connectivity index (χ4v) is 4.90. The van der Waals surface area contributed by atoms with E-state index in [1.807, 2.05) is 7.05 Å². The van der Waals surface area contributed by atoms with Crippen LogP contribution in [0.5, 0.6) is 5.75 Å². The molecule has 0 bridgehead atoms. The highest BCUT2D eigenvalue weighted by Crippen LogP contribution is 2.40. The number of anilines is 3. The van der Waals surface area contributed by atoms with Crippen LogP contribution in [-0.2, 0) is 13.0 Å². The van der Waals surface area contributed by atoms with Gasteiger partial charge in [0.25, 0.3) is 0 Å². The van der Waals surface area contributed by atoms with Gasteiger partial charge in [0, 0.05) is 43.1 Å². The Morgan fingerprint density at radius 2 is 1.64 bits per heavy atom. The van der Waals surface area contributed by atoms with Gasteiger partial charge in [0.2, 0.25) is 0 Å². The summed E-state index contributed by atoms with van der Waals surface area (Å²) in [6, 6.07) is 26.5. The van der Waals surface area contributed by atoms with Gasteiger partial charge in [-0.1, -0.05) is 42.5 Å². The number of hydrogen-bond donors (Lipinski definition) is 1. The highest BCUT2D eigenvalue weighted by Gasteiger charge is 2.29. The Kier molecular flexibility index (Phi) is 8.90. The third kappa shape index (κ3) is 5.57. The molecular weight excluding hydrogens is 453 g/mol. The second-order valence-electron chi connectivity index (χ2n) is 8.52. The van der Waals surface area contributed by atoms with E-state index in [4.69, 9.17) is 4.74 Å². The van der Waals surface area contributed by atoms with Gasteiger partial charge in [-0.15, -0.1) is 24.8 Å². The molecule has 1 atom stereocenters. The van der Waals surface area contributed by atoms with Gasteiger partial charge in [0.15, 0.2) is 0 Å². The molecule has 2 heterocycles. The van der Waals surface area contributed by atoms with Crippen molar-refractivity contribution in [2.75, 3.05) is 36.9 Å². The number of ether oxygens (including phenoxy) is 1. The molecule has 0 spiro atoms. The van der Waals surface area contributed by atoms with Crippen LogP contribution in [0.15, 0.2) is 72.8 Å². The fourth-order valence-electron chi connectivity index (χ4n) is 4.90. The van der Waals surface area contributed by atoms with Gasteiger partial charge in [0.05, 0.1) is 5.69 Å². The lowest BCUT2D eigenvalue weighted by molar-refractivity contribution is 0.261. The molecule has 6 heteroatoms. The van der Waals surface area contributed by atoms with E-state index in [0.717, 1.165) is 25.3 Å². The molecule has 0 aliphatic carbocycles. The lowest BCUT2D eigenvalue weighted by Gasteiger charge is -2.32. The van der Waals surface area contributed by atoms with E-state index in [0.29, 0.717) is 12.6 Å². The maximum atomic E-state index is 6.16. The number of para-hydroxylation sites is 3. The van der Waals surface area contributed by atoms with Crippen molar-refractivity contribution in [3.05, 3.63) is 83.9 Å². The van der Waals surface area contributed by atoms with Crippen molar-refractivity contribution < 1.29 is 4.74 Å². The van der Waals surface area contributed by atoms with Crippen molar-refractivity contribution >= 4 is 41.9 Å². The van der Waals surface area contributed by atoms with Gasteiger partial charge in [-0.2, -0.15) is 0 Å². The molecule has 5 rings (SSSR count). The quantitative estimate of drug-likeness (QED) is 0.442. The number of rotatable bonds is 6. The fraction of sp³-hybridized carbons (Fsp3) is 0.333. The third-order valence-electron chi connectivity index (χ3n) is 6.64. The Balaban J connectivity index is 0.00000153. The Morgan fingerprint density at radius 3 is 2.42 bits per heavy atom. The van der Waals surface area contributed by atoms with Crippen LogP contribution in [0.2, 0.25) is 0 Å². The van der Waals surface area contributed by atoms with Crippen molar-refractivity contribution in [3.63, 3.8) is 0 Å². The predicted octanol–water partition coefficient (Wildman–Crippen LogP) is 6.31. The highest BCUT2D eigenvalue weighted by atomic mass is 35.5. The van der Waals surface area contributed by atoms with E-state index in [-0.39, 0.29) is 24.8 Å². The minimum atomic E-state index is 0. The first-order chi connectivity index (χ1) is 15.3. The number of benzene rings is 3. The van der Waals surface area contributed by atoms with Crippen LogP contribution in [0.25, 0.3) is 0 Å². The maximum absolute atomic E-state index is 6.16. The number of fused-ring (bicyclic) bond motifs is 2. The average Bonchev–Trinajstić information content (AvgIpc) is 3.21. The van der Waals surface area contributed by atoms with E-state index < -0.39 is 0 Å². The van der Waals surface area contributed by atoms with Crippen molar-refractivity contribution in [1.29, 1.82) is 0 Å². The maximum Gasteiger partial charge on any atom is 0.143 e. The van der Waals surface area contributed by atoms with E-state index >= 15 is 0 Å². The van der Waals surface area contributed by atoms with Gasteiger partial charge in [-0.3, -0.25) is 4.90 Å². The van der Waals surface area contributed by atoms with Crippen LogP contribution in [0.4, 0.5) is 17.1 Å². The minimum absolute atomic E-state index is 0. The number of nitrogens with one attached hydrogen (secondary N) is 1. The molecule has 2 aliphatic rings. The van der Waals surface area contributed by atoms with Crippen molar-refractivity contribution in [3.8, 4) is 5.75 Å². The smallest absolute Gasteiger partial charge is 0.143 e. The van der Waals surface area contributed by atoms with Gasteiger partial charge in [-0.05, 0) is 61.7 Å². The second-order valence-corrected chi connectivity index (χ2v) is 8.52. The molecule has 0 saturated carbocycles. The third-order valence-corrected chi connectivity index (χ3v) is 6.64. The first-order valence-electron chi connectivity index (χ1n) is 11.4. The number of halogens is 2. The molecule has 0 radical (unpaired) electrons. The molecule has 0 unspecified atom stereocenters. The van der Waals surface area contributed by atoms with Crippen LogP contribution < -0.4 is 15.0 Å². The van der Waals surface area contributed by atoms with Gasteiger partial charge >= 0.3 is 0 Å². The van der Waals surface area contributed by atoms with E-state index in [9.17, 15) is 0 Å². The molecule has 33 heavy (non-hydrogen) atoms. The Bertz CT molecular complexity index is 980. The van der Waals surface area contributed by atoms with Crippen LogP contribution in [0.1, 0.15) is 24.0 Å². The second kappa shape index (κ2) is 11.6. The molecule has 3 aromatic rings. The summed E-state index contributed by atoms with van der Waals surface area (Å²) >= 11 is 0. The van der Waals surface area contributed by atoms with Gasteiger partial charge < -0.3 is 15.0 Å². The highest BCUT2D eigenvalue weighted by molar-refractivity contribution is 5.85. The first-order valence-corrected chi connectivity index (χ1v) is 11.4.